The van der Waals surface area contributed by atoms with Crippen LogP contribution < -0.4 is 15.2 Å². The number of hydrogen-bond donors (Lipinski definition) is 1. The standard InChI is InChI=1S/C14H16ClN3O3/c1-19-11-4-9(14-17-13(6-16)21-18-14)10(15)5-12(11)20-7-8-2-3-8/h4-5,8H,2-3,6-7,16H2,1H3. The Hall–Kier alpha value is -1.79. The molecule has 3 rings (SSSR count). The van der Waals surface area contributed by atoms with Gasteiger partial charge in [-0.25, -0.2) is 0 Å². The van der Waals surface area contributed by atoms with Crippen LogP contribution in [-0.2, 0) is 6.54 Å². The third-order valence-electron chi connectivity index (χ3n) is 3.31. The average Bonchev–Trinajstić information content (AvgIpc) is 3.21. The monoisotopic (exact) mass is 309 g/mol. The maximum Gasteiger partial charge on any atom is 0.240 e. The van der Waals surface area contributed by atoms with Gasteiger partial charge >= 0.3 is 0 Å². The second kappa shape index (κ2) is 5.91. The van der Waals surface area contributed by atoms with E-state index in [1.807, 2.05) is 0 Å². The molecule has 1 fully saturated rings. The molecule has 1 aromatic heterocycles. The number of nitrogens with two attached hydrogens (primary N) is 1. The predicted octanol–water partition coefficient (Wildman–Crippen LogP) is 2.65. The molecule has 112 valence electrons. The molecule has 0 bridgehead atoms. The van der Waals surface area contributed by atoms with Crippen molar-refractivity contribution in [3.63, 3.8) is 0 Å². The maximum absolute atomic E-state index is 6.29. The van der Waals surface area contributed by atoms with Crippen molar-refractivity contribution in [2.75, 3.05) is 13.7 Å². The van der Waals surface area contributed by atoms with Gasteiger partial charge in [-0.2, -0.15) is 4.98 Å². The van der Waals surface area contributed by atoms with Gasteiger partial charge in [0.25, 0.3) is 0 Å². The second-order valence-electron chi connectivity index (χ2n) is 4.95. The summed E-state index contributed by atoms with van der Waals surface area (Å²) in [6.45, 7) is 0.871. The molecule has 21 heavy (non-hydrogen) atoms. The van der Waals surface area contributed by atoms with Crippen LogP contribution in [0, 0.1) is 5.92 Å². The zero-order valence-corrected chi connectivity index (χ0v) is 12.4. The van der Waals surface area contributed by atoms with E-state index in [4.69, 9.17) is 31.3 Å². The smallest absolute Gasteiger partial charge is 0.240 e. The van der Waals surface area contributed by atoms with E-state index >= 15 is 0 Å². The highest BCUT2D eigenvalue weighted by Gasteiger charge is 2.23. The van der Waals surface area contributed by atoms with Crippen molar-refractivity contribution in [1.29, 1.82) is 0 Å². The first-order valence-corrected chi connectivity index (χ1v) is 7.12. The molecule has 0 saturated heterocycles. The van der Waals surface area contributed by atoms with E-state index in [0.29, 0.717) is 46.3 Å². The minimum atomic E-state index is 0.185. The summed E-state index contributed by atoms with van der Waals surface area (Å²) in [5.74, 6) is 2.61. The van der Waals surface area contributed by atoms with Gasteiger partial charge in [-0.15, -0.1) is 0 Å². The van der Waals surface area contributed by atoms with E-state index in [2.05, 4.69) is 10.1 Å². The van der Waals surface area contributed by atoms with Gasteiger partial charge in [-0.3, -0.25) is 0 Å². The molecule has 0 aliphatic heterocycles. The maximum atomic E-state index is 6.29. The SMILES string of the molecule is COc1cc(-c2noc(CN)n2)c(Cl)cc1OCC1CC1. The third-order valence-corrected chi connectivity index (χ3v) is 3.62. The Labute approximate surface area is 127 Å². The minimum Gasteiger partial charge on any atom is -0.493 e. The molecule has 0 atom stereocenters. The highest BCUT2D eigenvalue weighted by atomic mass is 35.5. The topological polar surface area (TPSA) is 83.4 Å². The molecule has 2 N–H and O–H groups in total. The summed E-state index contributed by atoms with van der Waals surface area (Å²) in [4.78, 5) is 4.17. The zero-order chi connectivity index (χ0) is 14.8. The number of halogens is 1. The van der Waals surface area contributed by atoms with Crippen LogP contribution in [0.15, 0.2) is 16.7 Å². The Bertz CT molecular complexity index is 640. The van der Waals surface area contributed by atoms with E-state index in [-0.39, 0.29) is 6.54 Å². The summed E-state index contributed by atoms with van der Waals surface area (Å²) in [6, 6.07) is 3.46. The molecule has 2 aromatic rings. The molecule has 1 saturated carbocycles. The summed E-state index contributed by atoms with van der Waals surface area (Å²) in [7, 11) is 1.58. The minimum absolute atomic E-state index is 0.185. The summed E-state index contributed by atoms with van der Waals surface area (Å²) >= 11 is 6.29. The molecule has 0 spiro atoms. The molecule has 1 aliphatic rings. The quantitative estimate of drug-likeness (QED) is 0.883. The van der Waals surface area contributed by atoms with E-state index in [0.717, 1.165) is 0 Å². The number of hydrogen-bond acceptors (Lipinski definition) is 6. The van der Waals surface area contributed by atoms with Crippen LogP contribution in [0.3, 0.4) is 0 Å². The second-order valence-corrected chi connectivity index (χ2v) is 5.36. The molecule has 0 radical (unpaired) electrons. The number of nitrogens with zero attached hydrogens (tertiary/aromatic N) is 2. The van der Waals surface area contributed by atoms with Crippen LogP contribution in [0.2, 0.25) is 5.02 Å². The summed E-state index contributed by atoms with van der Waals surface area (Å²) in [5, 5.41) is 4.34. The summed E-state index contributed by atoms with van der Waals surface area (Å²) in [6.07, 6.45) is 2.44. The normalized spacial score (nSPS) is 14.2. The lowest BCUT2D eigenvalue weighted by molar-refractivity contribution is 0.280. The highest BCUT2D eigenvalue weighted by Crippen LogP contribution is 2.39. The number of benzene rings is 1. The van der Waals surface area contributed by atoms with Crippen molar-refractivity contribution in [1.82, 2.24) is 10.1 Å². The first-order chi connectivity index (χ1) is 10.2. The van der Waals surface area contributed by atoms with Crippen molar-refractivity contribution in [2.24, 2.45) is 11.7 Å². The van der Waals surface area contributed by atoms with E-state index < -0.39 is 0 Å². The molecular formula is C14H16ClN3O3. The van der Waals surface area contributed by atoms with Gasteiger partial charge in [0.2, 0.25) is 11.7 Å². The van der Waals surface area contributed by atoms with Crippen LogP contribution in [0.5, 0.6) is 11.5 Å². The van der Waals surface area contributed by atoms with E-state index in [9.17, 15) is 0 Å². The number of ether oxygens (including phenoxy) is 2. The van der Waals surface area contributed by atoms with E-state index in [1.54, 1.807) is 19.2 Å². The Balaban J connectivity index is 1.89. The molecule has 7 heteroatoms. The number of aromatic nitrogens is 2. The van der Waals surface area contributed by atoms with Crippen LogP contribution in [0.25, 0.3) is 11.4 Å². The fraction of sp³-hybridized carbons (Fsp3) is 0.429. The lowest BCUT2D eigenvalue weighted by Gasteiger charge is -2.12. The van der Waals surface area contributed by atoms with Crippen molar-refractivity contribution < 1.29 is 14.0 Å². The summed E-state index contributed by atoms with van der Waals surface area (Å²) in [5.41, 5.74) is 6.08. The van der Waals surface area contributed by atoms with E-state index in [1.165, 1.54) is 12.8 Å². The molecule has 0 unspecified atom stereocenters. The number of rotatable bonds is 6. The van der Waals surface area contributed by atoms with Crippen LogP contribution in [-0.4, -0.2) is 23.9 Å². The molecule has 1 aromatic carbocycles. The molecular weight excluding hydrogens is 294 g/mol. The van der Waals surface area contributed by atoms with Gasteiger partial charge in [0.1, 0.15) is 0 Å². The van der Waals surface area contributed by atoms with Gasteiger partial charge in [0.05, 0.1) is 25.3 Å². The predicted molar refractivity (Wildman–Crippen MR) is 77.4 cm³/mol. The van der Waals surface area contributed by atoms with Crippen molar-refractivity contribution >= 4 is 11.6 Å². The fourth-order valence-electron chi connectivity index (χ4n) is 1.92. The van der Waals surface area contributed by atoms with Crippen LogP contribution >= 0.6 is 11.6 Å². The Morgan fingerprint density at radius 2 is 2.19 bits per heavy atom. The first-order valence-electron chi connectivity index (χ1n) is 6.74. The van der Waals surface area contributed by atoms with Gasteiger partial charge < -0.3 is 19.7 Å². The molecule has 1 heterocycles. The van der Waals surface area contributed by atoms with Crippen molar-refractivity contribution in [2.45, 2.75) is 19.4 Å². The largest absolute Gasteiger partial charge is 0.493 e. The Morgan fingerprint density at radius 1 is 1.38 bits per heavy atom. The van der Waals surface area contributed by atoms with Gasteiger partial charge in [-0.05, 0) is 24.8 Å². The molecule has 1 aliphatic carbocycles. The van der Waals surface area contributed by atoms with Gasteiger partial charge in [0, 0.05) is 11.6 Å². The lowest BCUT2D eigenvalue weighted by atomic mass is 10.2. The van der Waals surface area contributed by atoms with Gasteiger partial charge in [-0.1, -0.05) is 16.8 Å². The highest BCUT2D eigenvalue weighted by molar-refractivity contribution is 6.33. The average molecular weight is 310 g/mol. The lowest BCUT2D eigenvalue weighted by Crippen LogP contribution is -2.01. The zero-order valence-electron chi connectivity index (χ0n) is 11.6. The Kier molecular flexibility index (Phi) is 3.98. The molecule has 0 amide bonds. The first kappa shape index (κ1) is 14.2. The fourth-order valence-corrected chi connectivity index (χ4v) is 2.16. The number of methoxy groups -OCH3 is 1. The molecule has 6 nitrogen and oxygen atoms in total. The Morgan fingerprint density at radius 3 is 2.81 bits per heavy atom. The van der Waals surface area contributed by atoms with Crippen LogP contribution in [0.1, 0.15) is 18.7 Å². The third kappa shape index (κ3) is 3.11. The van der Waals surface area contributed by atoms with Crippen molar-refractivity contribution in [3.8, 4) is 22.9 Å². The summed E-state index contributed by atoms with van der Waals surface area (Å²) < 4.78 is 16.1. The van der Waals surface area contributed by atoms with Gasteiger partial charge in [0.15, 0.2) is 11.5 Å². The van der Waals surface area contributed by atoms with Crippen LogP contribution in [0.4, 0.5) is 0 Å². The van der Waals surface area contributed by atoms with Crippen molar-refractivity contribution in [3.05, 3.63) is 23.0 Å².